The molecule has 2 aromatic rings. The van der Waals surface area contributed by atoms with Gasteiger partial charge in [-0.2, -0.15) is 0 Å². The normalized spacial score (nSPS) is 11.4. The number of ether oxygens (including phenoxy) is 1. The molecular formula is C21H23NO3. The fourth-order valence-electron chi connectivity index (χ4n) is 2.26. The monoisotopic (exact) mass is 337 g/mol. The zero-order valence-electron chi connectivity index (χ0n) is 15.0. The molecule has 0 aliphatic carbocycles. The third-order valence-electron chi connectivity index (χ3n) is 3.78. The first-order chi connectivity index (χ1) is 11.8. The van der Waals surface area contributed by atoms with Crippen LogP contribution < -0.4 is 5.32 Å². The van der Waals surface area contributed by atoms with Crippen LogP contribution in [0.4, 0.5) is 5.69 Å². The van der Waals surface area contributed by atoms with E-state index >= 15 is 0 Å². The lowest BCUT2D eigenvalue weighted by Crippen LogP contribution is -2.10. The van der Waals surface area contributed by atoms with Crippen molar-refractivity contribution in [3.8, 4) is 0 Å². The molecule has 0 unspecified atom stereocenters. The molecule has 0 aliphatic rings. The van der Waals surface area contributed by atoms with Gasteiger partial charge in [0.1, 0.15) is 0 Å². The van der Waals surface area contributed by atoms with Crippen LogP contribution in [0.5, 0.6) is 0 Å². The van der Waals surface area contributed by atoms with E-state index in [0.29, 0.717) is 11.3 Å². The number of carbonyl (C=O) groups is 2. The summed E-state index contributed by atoms with van der Waals surface area (Å²) in [6.07, 6.45) is 3.25. The molecule has 0 atom stereocenters. The number of esters is 1. The molecule has 0 saturated carbocycles. The molecule has 1 N–H and O–H groups in total. The van der Waals surface area contributed by atoms with E-state index in [0.717, 1.165) is 5.56 Å². The van der Waals surface area contributed by atoms with Gasteiger partial charge in [-0.1, -0.05) is 45.0 Å². The highest BCUT2D eigenvalue weighted by molar-refractivity contribution is 6.02. The summed E-state index contributed by atoms with van der Waals surface area (Å²) in [5.41, 5.74) is 3.38. The molecule has 25 heavy (non-hydrogen) atoms. The first-order valence-electron chi connectivity index (χ1n) is 8.07. The van der Waals surface area contributed by atoms with Crippen molar-refractivity contribution >= 4 is 23.6 Å². The van der Waals surface area contributed by atoms with Gasteiger partial charge >= 0.3 is 5.97 Å². The summed E-state index contributed by atoms with van der Waals surface area (Å²) in [5, 5.41) is 2.75. The highest BCUT2D eigenvalue weighted by atomic mass is 16.5. The maximum absolute atomic E-state index is 12.0. The zero-order valence-corrected chi connectivity index (χ0v) is 15.0. The summed E-state index contributed by atoms with van der Waals surface area (Å²) in [7, 11) is 1.33. The molecule has 4 heteroatoms. The Balaban J connectivity index is 1.97. The van der Waals surface area contributed by atoms with Gasteiger partial charge in [-0.25, -0.2) is 4.79 Å². The van der Waals surface area contributed by atoms with Crippen LogP contribution in [0.1, 0.15) is 42.3 Å². The number of amides is 1. The van der Waals surface area contributed by atoms with Crippen LogP contribution >= 0.6 is 0 Å². The topological polar surface area (TPSA) is 55.4 Å². The molecule has 0 spiro atoms. The lowest BCUT2D eigenvalue weighted by atomic mass is 9.87. The molecule has 1 amide bonds. The van der Waals surface area contributed by atoms with Gasteiger partial charge in [-0.15, -0.1) is 0 Å². The molecule has 2 aromatic carbocycles. The SMILES string of the molecule is COC(=O)c1ccc(NC(=O)/C=C/c2ccc(C(C)(C)C)cc2)cc1. The first kappa shape index (κ1) is 18.5. The van der Waals surface area contributed by atoms with Gasteiger partial charge in [0.25, 0.3) is 0 Å². The molecular weight excluding hydrogens is 314 g/mol. The van der Waals surface area contributed by atoms with E-state index in [2.05, 4.69) is 43.0 Å². The second kappa shape index (κ2) is 7.79. The molecule has 4 nitrogen and oxygen atoms in total. The standard InChI is InChI=1S/C21H23NO3/c1-21(2,3)17-10-5-15(6-11-17)7-14-19(23)22-18-12-8-16(9-13-18)20(24)25-4/h5-14H,1-4H3,(H,22,23)/b14-7+. The summed E-state index contributed by atoms with van der Waals surface area (Å²) in [6, 6.07) is 14.7. The minimum absolute atomic E-state index is 0.107. The Morgan fingerprint density at radius 1 is 0.960 bits per heavy atom. The Morgan fingerprint density at radius 2 is 1.56 bits per heavy atom. The summed E-state index contributed by atoms with van der Waals surface area (Å²) in [5.74, 6) is -0.637. The van der Waals surface area contributed by atoms with Crippen molar-refractivity contribution in [3.63, 3.8) is 0 Å². The summed E-state index contributed by atoms with van der Waals surface area (Å²) in [4.78, 5) is 23.4. The number of benzene rings is 2. The van der Waals surface area contributed by atoms with Crippen molar-refractivity contribution in [1.29, 1.82) is 0 Å². The van der Waals surface area contributed by atoms with E-state index in [-0.39, 0.29) is 11.3 Å². The predicted molar refractivity (Wildman–Crippen MR) is 101 cm³/mol. The van der Waals surface area contributed by atoms with Crippen LogP contribution in [0.25, 0.3) is 6.08 Å². The van der Waals surface area contributed by atoms with Gasteiger partial charge in [-0.05, 0) is 46.9 Å². The van der Waals surface area contributed by atoms with Crippen LogP contribution in [-0.2, 0) is 14.9 Å². The van der Waals surface area contributed by atoms with E-state index in [1.165, 1.54) is 18.7 Å². The van der Waals surface area contributed by atoms with Crippen molar-refractivity contribution in [3.05, 3.63) is 71.3 Å². The van der Waals surface area contributed by atoms with E-state index < -0.39 is 5.97 Å². The first-order valence-corrected chi connectivity index (χ1v) is 8.07. The molecule has 130 valence electrons. The summed E-state index contributed by atoms with van der Waals surface area (Å²) >= 11 is 0. The lowest BCUT2D eigenvalue weighted by Gasteiger charge is -2.18. The molecule has 0 bridgehead atoms. The molecule has 0 aromatic heterocycles. The molecule has 0 fully saturated rings. The number of hydrogen-bond acceptors (Lipinski definition) is 3. The second-order valence-corrected chi connectivity index (χ2v) is 6.76. The number of anilines is 1. The Kier molecular flexibility index (Phi) is 5.75. The predicted octanol–water partition coefficient (Wildman–Crippen LogP) is 4.42. The van der Waals surface area contributed by atoms with Crippen LogP contribution in [0.2, 0.25) is 0 Å². The molecule has 0 radical (unpaired) electrons. The number of hydrogen-bond donors (Lipinski definition) is 1. The zero-order chi connectivity index (χ0) is 18.4. The summed E-state index contributed by atoms with van der Waals surface area (Å²) in [6.45, 7) is 6.49. The minimum Gasteiger partial charge on any atom is -0.465 e. The minimum atomic E-state index is -0.406. The second-order valence-electron chi connectivity index (χ2n) is 6.76. The van der Waals surface area contributed by atoms with E-state index in [1.807, 2.05) is 12.1 Å². The quantitative estimate of drug-likeness (QED) is 0.663. The van der Waals surface area contributed by atoms with Crippen molar-refractivity contribution in [2.75, 3.05) is 12.4 Å². The molecule has 2 rings (SSSR count). The number of methoxy groups -OCH3 is 1. The maximum atomic E-state index is 12.0. The van der Waals surface area contributed by atoms with E-state index in [1.54, 1.807) is 30.3 Å². The Hall–Kier alpha value is -2.88. The summed E-state index contributed by atoms with van der Waals surface area (Å²) < 4.78 is 4.64. The molecule has 0 saturated heterocycles. The average Bonchev–Trinajstić information content (AvgIpc) is 2.59. The van der Waals surface area contributed by atoms with Gasteiger partial charge < -0.3 is 10.1 Å². The third-order valence-corrected chi connectivity index (χ3v) is 3.78. The van der Waals surface area contributed by atoms with Crippen molar-refractivity contribution < 1.29 is 14.3 Å². The third kappa shape index (κ3) is 5.31. The van der Waals surface area contributed by atoms with Crippen LogP contribution in [0, 0.1) is 0 Å². The smallest absolute Gasteiger partial charge is 0.337 e. The number of carbonyl (C=O) groups excluding carboxylic acids is 2. The lowest BCUT2D eigenvalue weighted by molar-refractivity contribution is -0.111. The number of nitrogens with one attached hydrogen (secondary N) is 1. The molecule has 0 heterocycles. The van der Waals surface area contributed by atoms with Gasteiger partial charge in [0.2, 0.25) is 5.91 Å². The fraction of sp³-hybridized carbons (Fsp3) is 0.238. The maximum Gasteiger partial charge on any atom is 0.337 e. The Bertz CT molecular complexity index is 766. The van der Waals surface area contributed by atoms with E-state index in [9.17, 15) is 9.59 Å². The van der Waals surface area contributed by atoms with Gasteiger partial charge in [0.15, 0.2) is 0 Å². The Labute approximate surface area is 148 Å². The van der Waals surface area contributed by atoms with E-state index in [4.69, 9.17) is 0 Å². The van der Waals surface area contributed by atoms with Crippen LogP contribution in [0.3, 0.4) is 0 Å². The molecule has 0 aliphatic heterocycles. The Morgan fingerprint density at radius 3 is 2.08 bits per heavy atom. The van der Waals surface area contributed by atoms with Gasteiger partial charge in [0, 0.05) is 11.8 Å². The van der Waals surface area contributed by atoms with Crippen LogP contribution in [0.15, 0.2) is 54.6 Å². The van der Waals surface area contributed by atoms with Crippen molar-refractivity contribution in [1.82, 2.24) is 0 Å². The number of rotatable bonds is 4. The fourth-order valence-corrected chi connectivity index (χ4v) is 2.26. The van der Waals surface area contributed by atoms with Crippen molar-refractivity contribution in [2.24, 2.45) is 0 Å². The highest BCUT2D eigenvalue weighted by Crippen LogP contribution is 2.22. The average molecular weight is 337 g/mol. The van der Waals surface area contributed by atoms with Crippen molar-refractivity contribution in [2.45, 2.75) is 26.2 Å². The van der Waals surface area contributed by atoms with Crippen LogP contribution in [-0.4, -0.2) is 19.0 Å². The van der Waals surface area contributed by atoms with Gasteiger partial charge in [-0.3, -0.25) is 4.79 Å². The van der Waals surface area contributed by atoms with Gasteiger partial charge in [0.05, 0.1) is 12.7 Å². The largest absolute Gasteiger partial charge is 0.465 e. The highest BCUT2D eigenvalue weighted by Gasteiger charge is 2.12.